The monoisotopic (exact) mass is 304 g/mol. The zero-order valence-electron chi connectivity index (χ0n) is 9.95. The number of hydrogen-bond donors (Lipinski definition) is 1. The van der Waals surface area contributed by atoms with Crippen molar-refractivity contribution >= 4 is 41.0 Å². The number of carbonyl (C=O) groups is 1. The van der Waals surface area contributed by atoms with Crippen molar-refractivity contribution in [1.29, 1.82) is 0 Å². The highest BCUT2D eigenvalue weighted by atomic mass is 35.5. The summed E-state index contributed by atoms with van der Waals surface area (Å²) in [6.45, 7) is 3.27. The molecule has 0 bridgehead atoms. The lowest BCUT2D eigenvalue weighted by atomic mass is 10.2. The standard InChI is InChI=1S/C12H14Cl2N2OS/c1-2-15-12(17)16-5-6-18-11(16)9-4-3-8(13)7-10(9)14/h3-4,7,11H,2,5-6H2,1H3,(H,15,17). The molecule has 1 unspecified atom stereocenters. The fourth-order valence-electron chi connectivity index (χ4n) is 1.89. The summed E-state index contributed by atoms with van der Waals surface area (Å²) in [4.78, 5) is 13.7. The molecule has 2 amide bonds. The van der Waals surface area contributed by atoms with Crippen LogP contribution in [0.5, 0.6) is 0 Å². The van der Waals surface area contributed by atoms with Crippen molar-refractivity contribution in [3.05, 3.63) is 33.8 Å². The molecule has 0 radical (unpaired) electrons. The molecule has 6 heteroatoms. The van der Waals surface area contributed by atoms with E-state index in [4.69, 9.17) is 23.2 Å². The van der Waals surface area contributed by atoms with Crippen LogP contribution in [0.4, 0.5) is 4.79 Å². The summed E-state index contributed by atoms with van der Waals surface area (Å²) in [7, 11) is 0. The first kappa shape index (κ1) is 13.8. The van der Waals surface area contributed by atoms with Gasteiger partial charge in [0.2, 0.25) is 0 Å². The average molecular weight is 305 g/mol. The second-order valence-electron chi connectivity index (χ2n) is 3.92. The molecule has 0 aliphatic carbocycles. The lowest BCUT2D eigenvalue weighted by Gasteiger charge is -2.24. The van der Waals surface area contributed by atoms with Gasteiger partial charge in [0.25, 0.3) is 0 Å². The molecule has 1 fully saturated rings. The number of carbonyl (C=O) groups excluding carboxylic acids is 1. The second-order valence-corrected chi connectivity index (χ2v) is 5.95. The minimum absolute atomic E-state index is 0.0266. The summed E-state index contributed by atoms with van der Waals surface area (Å²) in [6.07, 6.45) is 0. The number of rotatable bonds is 2. The number of hydrogen-bond acceptors (Lipinski definition) is 2. The lowest BCUT2D eigenvalue weighted by Crippen LogP contribution is -2.39. The van der Waals surface area contributed by atoms with Gasteiger partial charge in [0.05, 0.1) is 0 Å². The van der Waals surface area contributed by atoms with Gasteiger partial charge in [-0.2, -0.15) is 0 Å². The van der Waals surface area contributed by atoms with E-state index >= 15 is 0 Å². The largest absolute Gasteiger partial charge is 0.338 e. The van der Waals surface area contributed by atoms with E-state index in [9.17, 15) is 4.79 Å². The van der Waals surface area contributed by atoms with Crippen LogP contribution in [-0.4, -0.2) is 29.8 Å². The van der Waals surface area contributed by atoms with Gasteiger partial charge >= 0.3 is 6.03 Å². The third kappa shape index (κ3) is 2.87. The zero-order chi connectivity index (χ0) is 13.1. The highest BCUT2D eigenvalue weighted by Crippen LogP contribution is 2.41. The topological polar surface area (TPSA) is 32.3 Å². The van der Waals surface area contributed by atoms with E-state index in [1.807, 2.05) is 17.9 Å². The molecule has 1 aliphatic heterocycles. The minimum Gasteiger partial charge on any atom is -0.338 e. The highest BCUT2D eigenvalue weighted by molar-refractivity contribution is 7.99. The molecule has 1 atom stereocenters. The van der Waals surface area contributed by atoms with Crippen molar-refractivity contribution < 1.29 is 4.79 Å². The normalized spacial score (nSPS) is 19.1. The first-order valence-electron chi connectivity index (χ1n) is 5.74. The van der Waals surface area contributed by atoms with E-state index in [0.717, 1.165) is 17.9 Å². The van der Waals surface area contributed by atoms with E-state index in [2.05, 4.69) is 5.32 Å². The fraction of sp³-hybridized carbons (Fsp3) is 0.417. The van der Waals surface area contributed by atoms with E-state index in [0.29, 0.717) is 16.6 Å². The zero-order valence-corrected chi connectivity index (χ0v) is 12.3. The Morgan fingerprint density at radius 2 is 2.33 bits per heavy atom. The predicted molar refractivity (Wildman–Crippen MR) is 77.4 cm³/mol. The van der Waals surface area contributed by atoms with Crippen molar-refractivity contribution in [3.8, 4) is 0 Å². The maximum atomic E-state index is 11.9. The van der Waals surface area contributed by atoms with Crippen LogP contribution >= 0.6 is 35.0 Å². The Balaban J connectivity index is 2.23. The molecular formula is C12H14Cl2N2OS. The van der Waals surface area contributed by atoms with Gasteiger partial charge in [-0.3, -0.25) is 0 Å². The van der Waals surface area contributed by atoms with Crippen LogP contribution in [0.15, 0.2) is 18.2 Å². The van der Waals surface area contributed by atoms with Crippen LogP contribution in [0, 0.1) is 0 Å². The Hall–Kier alpha value is -0.580. The van der Waals surface area contributed by atoms with Crippen molar-refractivity contribution in [2.45, 2.75) is 12.3 Å². The van der Waals surface area contributed by atoms with Gasteiger partial charge in [0.1, 0.15) is 5.37 Å². The summed E-state index contributed by atoms with van der Waals surface area (Å²) in [6, 6.07) is 5.36. The Labute approximate surface area is 121 Å². The quantitative estimate of drug-likeness (QED) is 0.902. The number of halogens is 2. The van der Waals surface area contributed by atoms with Gasteiger partial charge in [-0.25, -0.2) is 4.79 Å². The molecule has 1 aliphatic rings. The number of amides is 2. The first-order chi connectivity index (χ1) is 8.63. The number of urea groups is 1. The summed E-state index contributed by atoms with van der Waals surface area (Å²) >= 11 is 13.8. The number of nitrogens with one attached hydrogen (secondary N) is 1. The smallest absolute Gasteiger partial charge is 0.318 e. The van der Waals surface area contributed by atoms with Crippen LogP contribution in [0.3, 0.4) is 0 Å². The molecule has 2 rings (SSSR count). The van der Waals surface area contributed by atoms with Gasteiger partial charge < -0.3 is 10.2 Å². The van der Waals surface area contributed by atoms with Gasteiger partial charge in [-0.15, -0.1) is 11.8 Å². The Bertz CT molecular complexity index is 456. The number of nitrogens with zero attached hydrogens (tertiary/aromatic N) is 1. The van der Waals surface area contributed by atoms with Crippen molar-refractivity contribution in [3.63, 3.8) is 0 Å². The van der Waals surface area contributed by atoms with Crippen molar-refractivity contribution in [2.75, 3.05) is 18.8 Å². The molecular weight excluding hydrogens is 291 g/mol. The summed E-state index contributed by atoms with van der Waals surface area (Å²) in [5.41, 5.74) is 0.940. The van der Waals surface area contributed by atoms with Gasteiger partial charge in [0, 0.05) is 34.5 Å². The molecule has 18 heavy (non-hydrogen) atoms. The van der Waals surface area contributed by atoms with Gasteiger partial charge in [0.15, 0.2) is 0 Å². The van der Waals surface area contributed by atoms with Crippen LogP contribution in [0.25, 0.3) is 0 Å². The Morgan fingerprint density at radius 3 is 3.00 bits per heavy atom. The van der Waals surface area contributed by atoms with E-state index < -0.39 is 0 Å². The fourth-order valence-corrected chi connectivity index (χ4v) is 3.76. The maximum Gasteiger partial charge on any atom is 0.318 e. The molecule has 1 aromatic carbocycles. The Kier molecular flexibility index (Phi) is 4.65. The van der Waals surface area contributed by atoms with Crippen LogP contribution < -0.4 is 5.32 Å². The van der Waals surface area contributed by atoms with Crippen molar-refractivity contribution in [1.82, 2.24) is 10.2 Å². The van der Waals surface area contributed by atoms with Gasteiger partial charge in [-0.05, 0) is 19.1 Å². The third-order valence-corrected chi connectivity index (χ3v) is 4.51. The minimum atomic E-state index is -0.0430. The predicted octanol–water partition coefficient (Wildman–Crippen LogP) is 3.77. The molecule has 1 heterocycles. The van der Waals surface area contributed by atoms with Crippen LogP contribution in [0.2, 0.25) is 10.0 Å². The maximum absolute atomic E-state index is 11.9. The summed E-state index contributed by atoms with van der Waals surface area (Å²) < 4.78 is 0. The van der Waals surface area contributed by atoms with Crippen LogP contribution in [-0.2, 0) is 0 Å². The summed E-state index contributed by atoms with van der Waals surface area (Å²) in [5.74, 6) is 0.917. The molecule has 1 aromatic rings. The first-order valence-corrected chi connectivity index (χ1v) is 7.55. The number of thioether (sulfide) groups is 1. The molecule has 98 valence electrons. The van der Waals surface area contributed by atoms with Gasteiger partial charge in [-0.1, -0.05) is 29.3 Å². The lowest BCUT2D eigenvalue weighted by molar-refractivity contribution is 0.201. The van der Waals surface area contributed by atoms with Crippen LogP contribution in [0.1, 0.15) is 17.9 Å². The van der Waals surface area contributed by atoms with Crippen molar-refractivity contribution in [2.24, 2.45) is 0 Å². The number of benzene rings is 1. The molecule has 1 saturated heterocycles. The highest BCUT2D eigenvalue weighted by Gasteiger charge is 2.31. The third-order valence-electron chi connectivity index (χ3n) is 2.71. The Morgan fingerprint density at radius 1 is 1.56 bits per heavy atom. The molecule has 0 spiro atoms. The summed E-state index contributed by atoms with van der Waals surface area (Å²) in [5, 5.41) is 4.01. The van der Waals surface area contributed by atoms with E-state index in [-0.39, 0.29) is 11.4 Å². The molecule has 1 N–H and O–H groups in total. The van der Waals surface area contributed by atoms with E-state index in [1.54, 1.807) is 23.9 Å². The molecule has 0 saturated carbocycles. The average Bonchev–Trinajstić information content (AvgIpc) is 2.78. The molecule has 3 nitrogen and oxygen atoms in total. The molecule has 0 aromatic heterocycles. The SMILES string of the molecule is CCNC(=O)N1CCSC1c1ccc(Cl)cc1Cl. The van der Waals surface area contributed by atoms with E-state index in [1.165, 1.54) is 0 Å². The second kappa shape index (κ2) is 6.04.